The number of fused-ring (bicyclic) bond motifs is 6. The second-order valence-corrected chi connectivity index (χ2v) is 15.2. The maximum Gasteiger partial charge on any atom is 0.160 e. The SMILES string of the molecule is CC1C=CC=C(c2ccc(-c3c4c(cc5c(-c6cccc(-c7cc(-c8ccccc8)nc(-c8ccccc8)n7)c6)nc6ccccc6c35)oc3ccccc34)cc2)C1. The Hall–Kier alpha value is -7.43. The summed E-state index contributed by atoms with van der Waals surface area (Å²) in [5, 5.41) is 5.51. The lowest BCUT2D eigenvalue weighted by Crippen LogP contribution is -1.97. The molecule has 0 radical (unpaired) electrons. The van der Waals surface area contributed by atoms with E-state index in [9.17, 15) is 0 Å². The van der Waals surface area contributed by atoms with E-state index in [-0.39, 0.29) is 0 Å². The number of hydrogen-bond acceptors (Lipinski definition) is 4. The minimum absolute atomic E-state index is 0.525. The molecule has 3 aromatic heterocycles. The van der Waals surface area contributed by atoms with Gasteiger partial charge in [-0.1, -0.05) is 165 Å². The molecule has 274 valence electrons. The number of para-hydroxylation sites is 2. The monoisotopic (exact) mass is 743 g/mol. The average molecular weight is 744 g/mol. The van der Waals surface area contributed by atoms with Crippen molar-refractivity contribution in [3.8, 4) is 56.3 Å². The van der Waals surface area contributed by atoms with Crippen molar-refractivity contribution in [3.63, 3.8) is 0 Å². The molecule has 11 rings (SSSR count). The number of pyridine rings is 1. The van der Waals surface area contributed by atoms with Gasteiger partial charge >= 0.3 is 0 Å². The van der Waals surface area contributed by atoms with Gasteiger partial charge in [0.1, 0.15) is 11.2 Å². The Morgan fingerprint density at radius 2 is 1.14 bits per heavy atom. The van der Waals surface area contributed by atoms with Crippen LogP contribution in [0.1, 0.15) is 18.9 Å². The number of aromatic nitrogens is 3. The molecule has 1 atom stereocenters. The molecule has 10 aromatic rings. The topological polar surface area (TPSA) is 51.8 Å². The molecule has 0 spiro atoms. The van der Waals surface area contributed by atoms with E-state index >= 15 is 0 Å². The highest BCUT2D eigenvalue weighted by atomic mass is 16.3. The van der Waals surface area contributed by atoms with Gasteiger partial charge in [0, 0.05) is 54.7 Å². The van der Waals surface area contributed by atoms with Crippen LogP contribution in [0.4, 0.5) is 0 Å². The summed E-state index contributed by atoms with van der Waals surface area (Å²) in [6, 6.07) is 59.4. The molecule has 58 heavy (non-hydrogen) atoms. The minimum atomic E-state index is 0.525. The lowest BCUT2D eigenvalue weighted by atomic mass is 9.87. The first-order valence-electron chi connectivity index (χ1n) is 19.9. The van der Waals surface area contributed by atoms with Gasteiger partial charge in [0.15, 0.2) is 5.82 Å². The third kappa shape index (κ3) is 5.89. The van der Waals surface area contributed by atoms with E-state index < -0.39 is 0 Å². The third-order valence-corrected chi connectivity index (χ3v) is 11.4. The fourth-order valence-corrected chi connectivity index (χ4v) is 8.63. The number of rotatable bonds is 6. The molecule has 0 aliphatic heterocycles. The second kappa shape index (κ2) is 13.9. The van der Waals surface area contributed by atoms with Crippen molar-refractivity contribution in [1.29, 1.82) is 0 Å². The molecule has 1 aliphatic carbocycles. The summed E-state index contributed by atoms with van der Waals surface area (Å²) in [5.41, 5.74) is 14.2. The van der Waals surface area contributed by atoms with Gasteiger partial charge < -0.3 is 4.42 Å². The van der Waals surface area contributed by atoms with Gasteiger partial charge in [-0.15, -0.1) is 0 Å². The largest absolute Gasteiger partial charge is 0.456 e. The summed E-state index contributed by atoms with van der Waals surface area (Å²) in [4.78, 5) is 15.6. The van der Waals surface area contributed by atoms with E-state index in [1.165, 1.54) is 11.1 Å². The quantitative estimate of drug-likeness (QED) is 0.159. The van der Waals surface area contributed by atoms with E-state index in [1.54, 1.807) is 0 Å². The van der Waals surface area contributed by atoms with Crippen LogP contribution >= 0.6 is 0 Å². The van der Waals surface area contributed by atoms with Crippen LogP contribution < -0.4 is 0 Å². The van der Waals surface area contributed by atoms with E-state index in [0.29, 0.717) is 11.7 Å². The zero-order chi connectivity index (χ0) is 38.6. The lowest BCUT2D eigenvalue weighted by molar-refractivity contribution is 0.669. The third-order valence-electron chi connectivity index (χ3n) is 11.4. The van der Waals surface area contributed by atoms with Crippen LogP contribution in [0.25, 0.3) is 105 Å². The summed E-state index contributed by atoms with van der Waals surface area (Å²) in [6.07, 6.45) is 7.75. The number of benzene rings is 7. The molecule has 0 bridgehead atoms. The zero-order valence-corrected chi connectivity index (χ0v) is 31.9. The normalized spacial score (nSPS) is 14.1. The van der Waals surface area contributed by atoms with Crippen molar-refractivity contribution in [2.24, 2.45) is 5.92 Å². The lowest BCUT2D eigenvalue weighted by Gasteiger charge is -2.17. The molecule has 4 heteroatoms. The van der Waals surface area contributed by atoms with Crippen LogP contribution in [0.15, 0.2) is 193 Å². The molecule has 0 N–H and O–H groups in total. The highest BCUT2D eigenvalue weighted by Gasteiger charge is 2.22. The van der Waals surface area contributed by atoms with E-state index in [4.69, 9.17) is 19.4 Å². The first kappa shape index (κ1) is 33.9. The smallest absolute Gasteiger partial charge is 0.160 e. The molecule has 4 nitrogen and oxygen atoms in total. The van der Waals surface area contributed by atoms with Gasteiger partial charge in [0.2, 0.25) is 0 Å². The standard InChI is InChI=1S/C54H37N3O/c1-34-14-12-19-39(30-34)35-26-28-37(29-27-35)50-51-42-22-8-10-24-45(42)55-53(44(51)32-49-52(50)43-23-9-11-25-48(43)58-49)41-21-13-20-40(31-41)47-33-46(36-15-4-2-5-16-36)56-54(57-47)38-17-6-3-7-18-38/h2-29,31-34H,30H2,1H3. The summed E-state index contributed by atoms with van der Waals surface area (Å²) in [6.45, 7) is 2.28. The van der Waals surface area contributed by atoms with Gasteiger partial charge in [-0.3, -0.25) is 0 Å². The summed E-state index contributed by atoms with van der Waals surface area (Å²) >= 11 is 0. The van der Waals surface area contributed by atoms with Crippen LogP contribution in [-0.2, 0) is 0 Å². The van der Waals surface area contributed by atoms with Crippen LogP contribution in [0, 0.1) is 5.92 Å². The minimum Gasteiger partial charge on any atom is -0.456 e. The zero-order valence-electron chi connectivity index (χ0n) is 31.9. The van der Waals surface area contributed by atoms with Gasteiger partial charge in [0.05, 0.1) is 22.6 Å². The summed E-state index contributed by atoms with van der Waals surface area (Å²) in [7, 11) is 0. The van der Waals surface area contributed by atoms with Gasteiger partial charge in [-0.25, -0.2) is 15.0 Å². The Morgan fingerprint density at radius 3 is 1.93 bits per heavy atom. The maximum absolute atomic E-state index is 6.70. The van der Waals surface area contributed by atoms with Crippen LogP contribution in [0.5, 0.6) is 0 Å². The predicted octanol–water partition coefficient (Wildman–Crippen LogP) is 14.4. The molecule has 0 saturated heterocycles. The molecular formula is C54H37N3O. The summed E-state index contributed by atoms with van der Waals surface area (Å²) < 4.78 is 6.70. The van der Waals surface area contributed by atoms with Crippen LogP contribution in [0.3, 0.4) is 0 Å². The van der Waals surface area contributed by atoms with Gasteiger partial charge in [0.25, 0.3) is 0 Å². The fourth-order valence-electron chi connectivity index (χ4n) is 8.63. The molecule has 0 amide bonds. The van der Waals surface area contributed by atoms with E-state index in [1.807, 2.05) is 42.5 Å². The molecular weight excluding hydrogens is 707 g/mol. The van der Waals surface area contributed by atoms with Crippen molar-refractivity contribution in [2.75, 3.05) is 0 Å². The second-order valence-electron chi connectivity index (χ2n) is 15.2. The van der Waals surface area contributed by atoms with Crippen molar-refractivity contribution in [2.45, 2.75) is 13.3 Å². The predicted molar refractivity (Wildman–Crippen MR) is 240 cm³/mol. The molecule has 0 saturated carbocycles. The van der Waals surface area contributed by atoms with Gasteiger partial charge in [-0.05, 0) is 59.4 Å². The highest BCUT2D eigenvalue weighted by molar-refractivity contribution is 6.27. The first-order chi connectivity index (χ1) is 28.6. The van der Waals surface area contributed by atoms with Crippen molar-refractivity contribution in [1.82, 2.24) is 15.0 Å². The van der Waals surface area contributed by atoms with Crippen LogP contribution in [0.2, 0.25) is 0 Å². The maximum atomic E-state index is 6.70. The molecule has 0 fully saturated rings. The first-order valence-corrected chi connectivity index (χ1v) is 19.9. The Balaban J connectivity index is 1.15. The number of hydrogen-bond donors (Lipinski definition) is 0. The molecule has 1 aliphatic rings. The fraction of sp³-hybridized carbons (Fsp3) is 0.0556. The number of furan rings is 1. The van der Waals surface area contributed by atoms with Crippen molar-refractivity contribution < 1.29 is 4.42 Å². The summed E-state index contributed by atoms with van der Waals surface area (Å²) in [5.74, 6) is 1.21. The Labute approximate surface area is 336 Å². The van der Waals surface area contributed by atoms with E-state index in [0.717, 1.165) is 100 Å². The average Bonchev–Trinajstić information content (AvgIpc) is 3.67. The van der Waals surface area contributed by atoms with Crippen LogP contribution in [-0.4, -0.2) is 15.0 Å². The Kier molecular flexibility index (Phi) is 8.14. The van der Waals surface area contributed by atoms with E-state index in [2.05, 4.69) is 153 Å². The van der Waals surface area contributed by atoms with Crippen molar-refractivity contribution >= 4 is 49.2 Å². The Bertz CT molecular complexity index is 3190. The Morgan fingerprint density at radius 1 is 0.483 bits per heavy atom. The number of allylic oxidation sites excluding steroid dienone is 4. The van der Waals surface area contributed by atoms with Gasteiger partial charge in [-0.2, -0.15) is 0 Å². The number of nitrogens with zero attached hydrogens (tertiary/aromatic N) is 3. The molecule has 1 unspecified atom stereocenters. The van der Waals surface area contributed by atoms with Crippen molar-refractivity contribution in [3.05, 3.63) is 194 Å². The molecule has 3 heterocycles. The highest BCUT2D eigenvalue weighted by Crippen LogP contribution is 2.47. The molecule has 7 aromatic carbocycles.